The maximum atomic E-state index is 9.64. The number of rotatable bonds is 4. The van der Waals surface area contributed by atoms with E-state index in [4.69, 9.17) is 0 Å². The van der Waals surface area contributed by atoms with Gasteiger partial charge in [-0.3, -0.25) is 0 Å². The van der Waals surface area contributed by atoms with Crippen molar-refractivity contribution in [2.75, 3.05) is 0 Å². The number of nitrogens with zero attached hydrogens (tertiary/aromatic N) is 1. The van der Waals surface area contributed by atoms with Gasteiger partial charge in [-0.2, -0.15) is 0 Å². The molecule has 0 aliphatic rings. The molecule has 0 aliphatic carbocycles. The first-order chi connectivity index (χ1) is 8.18. The Labute approximate surface area is 104 Å². The van der Waals surface area contributed by atoms with Gasteiger partial charge in [-0.15, -0.1) is 11.3 Å². The van der Waals surface area contributed by atoms with E-state index in [0.717, 1.165) is 5.01 Å². The van der Waals surface area contributed by atoms with Gasteiger partial charge in [0.15, 0.2) is 11.5 Å². The van der Waals surface area contributed by atoms with Gasteiger partial charge in [0.1, 0.15) is 5.01 Å². The van der Waals surface area contributed by atoms with Crippen molar-refractivity contribution in [1.29, 1.82) is 0 Å². The molecule has 90 valence electrons. The Morgan fingerprint density at radius 3 is 2.94 bits per heavy atom. The van der Waals surface area contributed by atoms with Crippen LogP contribution in [0.2, 0.25) is 0 Å². The fraction of sp³-hybridized carbons (Fsp3) is 0.250. The molecule has 0 fully saturated rings. The molecule has 1 heterocycles. The zero-order valence-corrected chi connectivity index (χ0v) is 10.2. The summed E-state index contributed by atoms with van der Waals surface area (Å²) in [6, 6.07) is 5.07. The predicted molar refractivity (Wildman–Crippen MR) is 67.1 cm³/mol. The van der Waals surface area contributed by atoms with Crippen LogP contribution in [0.5, 0.6) is 11.5 Å². The third-order valence-electron chi connectivity index (χ3n) is 2.52. The quantitative estimate of drug-likeness (QED) is 0.729. The summed E-state index contributed by atoms with van der Waals surface area (Å²) in [5.74, 6) is -0.155. The van der Waals surface area contributed by atoms with Crippen LogP contribution >= 0.6 is 11.3 Å². The van der Waals surface area contributed by atoms with Crippen LogP contribution in [0.3, 0.4) is 0 Å². The molecule has 0 aliphatic heterocycles. The summed E-state index contributed by atoms with van der Waals surface area (Å²) in [6.07, 6.45) is 1.77. The highest BCUT2D eigenvalue weighted by Gasteiger charge is 2.10. The molecule has 4 nitrogen and oxygen atoms in total. The molecule has 3 N–H and O–H groups in total. The van der Waals surface area contributed by atoms with Gasteiger partial charge in [0.25, 0.3) is 0 Å². The maximum absolute atomic E-state index is 9.64. The van der Waals surface area contributed by atoms with Crippen LogP contribution in [0, 0.1) is 0 Å². The fourth-order valence-corrected chi connectivity index (χ4v) is 2.19. The van der Waals surface area contributed by atoms with Crippen LogP contribution in [0.1, 0.15) is 23.5 Å². The minimum Gasteiger partial charge on any atom is -0.504 e. The number of phenolic OH excluding ortho intramolecular Hbond substituents is 2. The summed E-state index contributed by atoms with van der Waals surface area (Å²) >= 11 is 1.59. The smallest absolute Gasteiger partial charge is 0.161 e. The first kappa shape index (κ1) is 11.9. The highest BCUT2D eigenvalue weighted by Crippen LogP contribution is 2.28. The molecule has 0 bridgehead atoms. The summed E-state index contributed by atoms with van der Waals surface area (Å²) < 4.78 is 0. The van der Waals surface area contributed by atoms with Crippen LogP contribution in [0.25, 0.3) is 0 Å². The molecule has 17 heavy (non-hydrogen) atoms. The largest absolute Gasteiger partial charge is 0.504 e. The van der Waals surface area contributed by atoms with Gasteiger partial charge in [0.2, 0.25) is 0 Å². The first-order valence-corrected chi connectivity index (χ1v) is 6.19. The second kappa shape index (κ2) is 5.16. The molecule has 1 aromatic carbocycles. The normalized spacial score (nSPS) is 12.5. The number of thiazole rings is 1. The van der Waals surface area contributed by atoms with Crippen molar-refractivity contribution in [2.45, 2.75) is 19.5 Å². The van der Waals surface area contributed by atoms with E-state index >= 15 is 0 Å². The fourth-order valence-electron chi connectivity index (χ4n) is 1.52. The number of hydrogen-bond donors (Lipinski definition) is 3. The second-order valence-corrected chi connectivity index (χ2v) is 4.68. The topological polar surface area (TPSA) is 65.4 Å². The van der Waals surface area contributed by atoms with E-state index < -0.39 is 0 Å². The predicted octanol–water partition coefficient (Wildman–Crippen LogP) is 2.41. The van der Waals surface area contributed by atoms with Crippen LogP contribution in [-0.2, 0) is 6.54 Å². The number of aromatic hydroxyl groups is 2. The maximum Gasteiger partial charge on any atom is 0.161 e. The monoisotopic (exact) mass is 250 g/mol. The summed E-state index contributed by atoms with van der Waals surface area (Å²) in [6.45, 7) is 2.50. The number of nitrogens with one attached hydrogen (secondary N) is 1. The molecule has 5 heteroatoms. The van der Waals surface area contributed by atoms with Gasteiger partial charge in [-0.1, -0.05) is 12.1 Å². The highest BCUT2D eigenvalue weighted by molar-refractivity contribution is 7.09. The van der Waals surface area contributed by atoms with Crippen molar-refractivity contribution in [1.82, 2.24) is 10.3 Å². The van der Waals surface area contributed by atoms with Gasteiger partial charge < -0.3 is 15.5 Å². The number of hydrogen-bond acceptors (Lipinski definition) is 5. The minimum absolute atomic E-state index is 0.0636. The number of phenols is 2. The van der Waals surface area contributed by atoms with Crippen molar-refractivity contribution >= 4 is 11.3 Å². The van der Waals surface area contributed by atoms with Gasteiger partial charge in [-0.25, -0.2) is 4.98 Å². The van der Waals surface area contributed by atoms with Crippen molar-refractivity contribution in [3.63, 3.8) is 0 Å². The van der Waals surface area contributed by atoms with E-state index in [9.17, 15) is 10.2 Å². The summed E-state index contributed by atoms with van der Waals surface area (Å²) in [4.78, 5) is 4.21. The minimum atomic E-state index is -0.0915. The van der Waals surface area contributed by atoms with Crippen LogP contribution < -0.4 is 5.32 Å². The molecule has 2 rings (SSSR count). The Hall–Kier alpha value is -1.59. The zero-order chi connectivity index (χ0) is 12.3. The van der Waals surface area contributed by atoms with E-state index in [-0.39, 0.29) is 17.5 Å². The molecule has 0 saturated heterocycles. The molecule has 1 unspecified atom stereocenters. The number of aromatic nitrogens is 1. The molecule has 1 aromatic heterocycles. The standard InChI is InChI=1S/C12H14N2O2S/c1-8(12-13-5-6-17-12)14-7-9-3-2-4-10(15)11(9)16/h2-6,8,14-16H,7H2,1H3. The van der Waals surface area contributed by atoms with E-state index in [0.29, 0.717) is 12.1 Å². The molecule has 1 atom stereocenters. The van der Waals surface area contributed by atoms with Crippen LogP contribution in [-0.4, -0.2) is 15.2 Å². The molecule has 0 spiro atoms. The molecular weight excluding hydrogens is 236 g/mol. The highest BCUT2D eigenvalue weighted by atomic mass is 32.1. The Morgan fingerprint density at radius 2 is 2.24 bits per heavy atom. The SMILES string of the molecule is CC(NCc1cccc(O)c1O)c1nccs1. The number of para-hydroxylation sites is 1. The third-order valence-corrected chi connectivity index (χ3v) is 3.48. The van der Waals surface area contributed by atoms with Crippen LogP contribution in [0.4, 0.5) is 0 Å². The molecule has 2 aromatic rings. The summed E-state index contributed by atoms with van der Waals surface area (Å²) in [7, 11) is 0. The number of benzene rings is 1. The van der Waals surface area contributed by atoms with Gasteiger partial charge in [0.05, 0.1) is 6.04 Å². The lowest BCUT2D eigenvalue weighted by Crippen LogP contribution is -2.17. The van der Waals surface area contributed by atoms with Crippen LogP contribution in [0.15, 0.2) is 29.8 Å². The molecular formula is C12H14N2O2S. The Balaban J connectivity index is 2.00. The Morgan fingerprint density at radius 1 is 1.41 bits per heavy atom. The lowest BCUT2D eigenvalue weighted by Gasteiger charge is -2.12. The van der Waals surface area contributed by atoms with E-state index in [1.165, 1.54) is 6.07 Å². The lowest BCUT2D eigenvalue weighted by molar-refractivity contribution is 0.396. The third kappa shape index (κ3) is 2.75. The van der Waals surface area contributed by atoms with Gasteiger partial charge in [0, 0.05) is 23.7 Å². The first-order valence-electron chi connectivity index (χ1n) is 5.31. The average molecular weight is 250 g/mol. The van der Waals surface area contributed by atoms with E-state index in [2.05, 4.69) is 10.3 Å². The van der Waals surface area contributed by atoms with Crippen molar-refractivity contribution in [3.05, 3.63) is 40.3 Å². The Kier molecular flexibility index (Phi) is 3.61. The van der Waals surface area contributed by atoms with Crippen molar-refractivity contribution in [2.24, 2.45) is 0 Å². The molecule has 0 amide bonds. The molecule has 0 saturated carbocycles. The second-order valence-electron chi connectivity index (χ2n) is 3.76. The summed E-state index contributed by atoms with van der Waals surface area (Å²) in [5.41, 5.74) is 0.674. The molecule has 0 radical (unpaired) electrons. The van der Waals surface area contributed by atoms with E-state index in [1.807, 2.05) is 12.3 Å². The van der Waals surface area contributed by atoms with Gasteiger partial charge in [-0.05, 0) is 13.0 Å². The van der Waals surface area contributed by atoms with Crippen molar-refractivity contribution < 1.29 is 10.2 Å². The van der Waals surface area contributed by atoms with E-state index in [1.54, 1.807) is 29.7 Å². The Bertz CT molecular complexity index is 485. The lowest BCUT2D eigenvalue weighted by atomic mass is 10.2. The zero-order valence-electron chi connectivity index (χ0n) is 9.42. The average Bonchev–Trinajstić information content (AvgIpc) is 2.84. The van der Waals surface area contributed by atoms with Crippen molar-refractivity contribution in [3.8, 4) is 11.5 Å². The van der Waals surface area contributed by atoms with Gasteiger partial charge >= 0.3 is 0 Å². The summed E-state index contributed by atoms with van der Waals surface area (Å²) in [5, 5.41) is 25.2.